The molecule has 0 aromatic heterocycles. The Morgan fingerprint density at radius 1 is 0.459 bits per heavy atom. The Morgan fingerprint density at radius 2 is 0.784 bits per heavy atom. The van der Waals surface area contributed by atoms with Gasteiger partial charge in [-0.1, -0.05) is 92.9 Å². The maximum Gasteiger partial charge on any atom is 0.0832 e. The largest absolute Gasteiger partial charge is 0.0832 e. The van der Waals surface area contributed by atoms with Crippen molar-refractivity contribution in [2.45, 2.75) is 206 Å². The van der Waals surface area contributed by atoms with E-state index in [4.69, 9.17) is 0 Å². The fourth-order valence-electron chi connectivity index (χ4n) is 9.81. The average Bonchev–Trinajstić information content (AvgIpc) is 3.17. The van der Waals surface area contributed by atoms with Gasteiger partial charge in [0.1, 0.15) is 0 Å². The second-order valence-corrected chi connectivity index (χ2v) is 18.3. The molecule has 37 heavy (non-hydrogen) atoms. The van der Waals surface area contributed by atoms with Gasteiger partial charge in [-0.3, -0.25) is 0 Å². The molecule has 0 N–H and O–H groups in total. The van der Waals surface area contributed by atoms with Gasteiger partial charge in [0.2, 0.25) is 0 Å². The van der Waals surface area contributed by atoms with Gasteiger partial charge in [0, 0.05) is 7.26 Å². The van der Waals surface area contributed by atoms with Crippen LogP contribution in [-0.4, -0.2) is 22.6 Å². The fourth-order valence-corrected chi connectivity index (χ4v) is 18.5. The molecule has 220 valence electrons. The molecule has 0 amide bonds. The Bertz CT molecular complexity index is 499. The Hall–Kier alpha value is 0.430. The molecule has 0 aliphatic carbocycles. The maximum absolute atomic E-state index is 2.49. The van der Waals surface area contributed by atoms with E-state index in [9.17, 15) is 0 Å². The molecule has 0 aromatic carbocycles. The van der Waals surface area contributed by atoms with Gasteiger partial charge in [-0.15, -0.1) is 0 Å². The summed E-state index contributed by atoms with van der Waals surface area (Å²) in [4.78, 5) is 0. The molecule has 2 fully saturated rings. The van der Waals surface area contributed by atoms with Gasteiger partial charge >= 0.3 is 0 Å². The minimum absolute atomic E-state index is 0.709. The van der Waals surface area contributed by atoms with Crippen LogP contribution in [0, 0.1) is 11.8 Å². The quantitative estimate of drug-likeness (QED) is 0.153. The van der Waals surface area contributed by atoms with Crippen molar-refractivity contribution in [3.63, 3.8) is 0 Å². The minimum atomic E-state index is -1.16. The van der Waals surface area contributed by atoms with E-state index < -0.39 is 7.26 Å². The third-order valence-corrected chi connectivity index (χ3v) is 18.8. The van der Waals surface area contributed by atoms with E-state index >= 15 is 0 Å². The van der Waals surface area contributed by atoms with Gasteiger partial charge < -0.3 is 0 Å². The van der Waals surface area contributed by atoms with Crippen LogP contribution in [0.5, 0.6) is 0 Å². The predicted molar refractivity (Wildman–Crippen MR) is 174 cm³/mol. The third-order valence-electron chi connectivity index (χ3n) is 11.6. The lowest BCUT2D eigenvalue weighted by atomic mass is 9.76. The summed E-state index contributed by atoms with van der Waals surface area (Å²) >= 11 is 0. The van der Waals surface area contributed by atoms with Gasteiger partial charge in [0.15, 0.2) is 0 Å². The molecule has 2 atom stereocenters. The number of rotatable bonds is 18. The minimum Gasteiger partial charge on any atom is -0.0654 e. The van der Waals surface area contributed by atoms with E-state index in [-0.39, 0.29) is 0 Å². The Labute approximate surface area is 237 Å². The summed E-state index contributed by atoms with van der Waals surface area (Å²) in [5, 5.41) is 1.42. The van der Waals surface area contributed by atoms with Crippen LogP contribution in [-0.2, 0) is 0 Å². The fraction of sp³-hybridized carbons (Fsp3) is 1.00. The molecule has 2 unspecified atom stereocenters. The zero-order chi connectivity index (χ0) is 27.0. The lowest BCUT2D eigenvalue weighted by molar-refractivity contribution is 0.241. The predicted octanol–water partition coefficient (Wildman–Crippen LogP) is 13.2. The molecule has 1 spiro atoms. The van der Waals surface area contributed by atoms with E-state index in [1.54, 1.807) is 89.4 Å². The van der Waals surface area contributed by atoms with Gasteiger partial charge in [0.05, 0.1) is 22.6 Å². The molecule has 0 nitrogen and oxygen atoms in total. The van der Waals surface area contributed by atoms with Crippen LogP contribution in [0.1, 0.15) is 196 Å². The summed E-state index contributed by atoms with van der Waals surface area (Å²) in [5.74, 6) is 2.07. The monoisotopic (exact) mass is 536 g/mol. The summed E-state index contributed by atoms with van der Waals surface area (Å²) in [6.45, 7) is 14.9. The lowest BCUT2D eigenvalue weighted by Crippen LogP contribution is -2.53. The average molecular weight is 536 g/mol. The van der Waals surface area contributed by atoms with Gasteiger partial charge in [-0.05, 0) is 115 Å². The van der Waals surface area contributed by atoms with Crippen LogP contribution in [0.4, 0.5) is 0 Å². The van der Waals surface area contributed by atoms with E-state index in [2.05, 4.69) is 41.5 Å². The van der Waals surface area contributed by atoms with Crippen molar-refractivity contribution in [2.75, 3.05) is 12.3 Å². The zero-order valence-corrected chi connectivity index (χ0v) is 27.9. The van der Waals surface area contributed by atoms with Crippen molar-refractivity contribution in [3.05, 3.63) is 0 Å². The second kappa shape index (κ2) is 18.0. The Morgan fingerprint density at radius 3 is 1.08 bits per heavy atom. The smallest absolute Gasteiger partial charge is 0.0654 e. The van der Waals surface area contributed by atoms with Gasteiger partial charge in [0.25, 0.3) is 0 Å². The van der Waals surface area contributed by atoms with Crippen LogP contribution in [0.3, 0.4) is 0 Å². The normalized spacial score (nSPS) is 27.7. The number of hydrogen-bond donors (Lipinski definition) is 0. The van der Waals surface area contributed by atoms with Crippen molar-refractivity contribution in [1.29, 1.82) is 0 Å². The topological polar surface area (TPSA) is 0 Å². The van der Waals surface area contributed by atoms with Crippen molar-refractivity contribution >= 4 is 7.26 Å². The maximum atomic E-state index is 2.49. The van der Waals surface area contributed by atoms with Crippen LogP contribution in [0.15, 0.2) is 0 Å². The Balaban J connectivity index is 2.87. The molecular formula is C36H72P+. The van der Waals surface area contributed by atoms with E-state index in [0.29, 0.717) is 10.3 Å². The molecular weight excluding hydrogens is 463 g/mol. The molecule has 1 heteroatoms. The highest BCUT2D eigenvalue weighted by molar-refractivity contribution is 7.78. The molecule has 0 radical (unpaired) electrons. The summed E-state index contributed by atoms with van der Waals surface area (Å²) in [7, 11) is -1.16. The SMILES string of the molecule is CCCCC1CCCC[P+]2(CCCCC(CCCC)C2(CCCC)CCCC)C1(CCCC)CCCC. The van der Waals surface area contributed by atoms with E-state index in [0.717, 1.165) is 11.8 Å². The number of unbranched alkanes of at least 4 members (excludes halogenated alkanes) is 6. The molecule has 0 bridgehead atoms. The van der Waals surface area contributed by atoms with Crippen LogP contribution in [0.25, 0.3) is 0 Å². The second-order valence-electron chi connectivity index (χ2n) is 13.7. The molecule has 2 aliphatic rings. The molecule has 2 aliphatic heterocycles. The highest BCUT2D eigenvalue weighted by atomic mass is 31.2. The first-order chi connectivity index (χ1) is 18.1. The summed E-state index contributed by atoms with van der Waals surface area (Å²) in [6, 6.07) is 0. The van der Waals surface area contributed by atoms with Crippen molar-refractivity contribution in [1.82, 2.24) is 0 Å². The Kier molecular flexibility index (Phi) is 16.3. The lowest BCUT2D eigenvalue weighted by Gasteiger charge is -2.60. The van der Waals surface area contributed by atoms with Crippen LogP contribution in [0.2, 0.25) is 0 Å². The molecule has 0 aromatic rings. The third kappa shape index (κ3) is 7.80. The highest BCUT2D eigenvalue weighted by Crippen LogP contribution is 2.87. The molecule has 2 heterocycles. The number of hydrogen-bond acceptors (Lipinski definition) is 0. The highest BCUT2D eigenvalue weighted by Gasteiger charge is 2.71. The first kappa shape index (κ1) is 33.6. The first-order valence-electron chi connectivity index (χ1n) is 17.9. The molecule has 2 saturated heterocycles. The van der Waals surface area contributed by atoms with Crippen LogP contribution >= 0.6 is 7.26 Å². The van der Waals surface area contributed by atoms with Crippen LogP contribution < -0.4 is 0 Å². The van der Waals surface area contributed by atoms with Crippen molar-refractivity contribution in [2.24, 2.45) is 11.8 Å². The van der Waals surface area contributed by atoms with Gasteiger partial charge in [-0.2, -0.15) is 0 Å². The summed E-state index contributed by atoms with van der Waals surface area (Å²) < 4.78 is 0. The van der Waals surface area contributed by atoms with E-state index in [1.165, 1.54) is 77.0 Å². The molecule has 2 rings (SSSR count). The van der Waals surface area contributed by atoms with Crippen molar-refractivity contribution in [3.8, 4) is 0 Å². The van der Waals surface area contributed by atoms with E-state index in [1.807, 2.05) is 0 Å². The van der Waals surface area contributed by atoms with Gasteiger partial charge in [-0.25, -0.2) is 0 Å². The zero-order valence-electron chi connectivity index (χ0n) is 27.0. The first-order valence-corrected chi connectivity index (χ1v) is 20.1. The standard InChI is InChI=1S/C36H72P/c1-7-13-23-33-25-19-21-31-37(35(33,27-15-9-3)28-16-10-4)32-22-20-26-34(24-14-8-2)36(37,29-17-11-5)30-18-12-6/h33-34H,7-32H2,1-6H3/q+1. The summed E-state index contributed by atoms with van der Waals surface area (Å²) in [6.07, 6.45) is 39.7. The summed E-state index contributed by atoms with van der Waals surface area (Å²) in [5.41, 5.74) is 0. The van der Waals surface area contributed by atoms with Crippen molar-refractivity contribution < 1.29 is 0 Å². The molecule has 0 saturated carbocycles.